The molecule has 0 bridgehead atoms. The number of hydrogen-bond acceptors (Lipinski definition) is 3. The van der Waals surface area contributed by atoms with Gasteiger partial charge in [-0.25, -0.2) is 0 Å². The molecule has 0 saturated carbocycles. The number of benzene rings is 4. The molecule has 0 amide bonds. The molecule has 4 aromatic carbocycles. The molecule has 0 N–H and O–H groups in total. The molecule has 0 fully saturated rings. The zero-order valence-electron chi connectivity index (χ0n) is 19.7. The van der Waals surface area contributed by atoms with Crippen molar-refractivity contribution in [2.75, 3.05) is 5.75 Å². The molecule has 0 saturated heterocycles. The van der Waals surface area contributed by atoms with Gasteiger partial charge in [-0.2, -0.15) is 4.98 Å². The first-order valence-electron chi connectivity index (χ1n) is 11.6. The van der Waals surface area contributed by atoms with Crippen molar-refractivity contribution >= 4 is 51.7 Å². The molecule has 0 unspecified atom stereocenters. The average molecular weight is 509 g/mol. The predicted octanol–water partition coefficient (Wildman–Crippen LogP) is 7.02. The Morgan fingerprint density at radius 3 is 1.69 bits per heavy atom. The monoisotopic (exact) mass is 508 g/mol. The summed E-state index contributed by atoms with van der Waals surface area (Å²) in [4.78, 5) is 5.48. The highest BCUT2D eigenvalue weighted by atomic mass is 32.2. The van der Waals surface area contributed by atoms with Crippen molar-refractivity contribution in [3.8, 4) is 10.6 Å². The van der Waals surface area contributed by atoms with Gasteiger partial charge in [0.05, 0.1) is 0 Å². The van der Waals surface area contributed by atoms with E-state index in [9.17, 15) is 0 Å². The fourth-order valence-electron chi connectivity index (χ4n) is 4.33. The van der Waals surface area contributed by atoms with Crippen molar-refractivity contribution in [2.45, 2.75) is 11.1 Å². The molecule has 0 atom stereocenters. The molecule has 0 radical (unpaired) electrons. The predicted molar refractivity (Wildman–Crippen MR) is 158 cm³/mol. The molecule has 0 aliphatic heterocycles. The van der Waals surface area contributed by atoms with Crippen LogP contribution in [-0.4, -0.2) is 10.7 Å². The Balaban J connectivity index is 1.86. The fraction of sp³-hybridized carbons (Fsp3) is 0.0645. The van der Waals surface area contributed by atoms with E-state index in [1.165, 1.54) is 36.7 Å². The first-order valence-corrected chi connectivity index (χ1v) is 15.2. The number of hydrogen-bond donors (Lipinski definition) is 0. The molecule has 172 valence electrons. The summed E-state index contributed by atoms with van der Waals surface area (Å²) in [5, 5.41) is 5.02. The summed E-state index contributed by atoms with van der Waals surface area (Å²) in [7, 11) is -2.25. The molecule has 35 heavy (non-hydrogen) atoms. The quantitative estimate of drug-likeness (QED) is 0.127. The van der Waals surface area contributed by atoms with E-state index in [1.54, 1.807) is 11.3 Å². The van der Waals surface area contributed by atoms with E-state index in [0.29, 0.717) is 0 Å². The van der Waals surface area contributed by atoms with Crippen LogP contribution in [0.3, 0.4) is 0 Å². The molecule has 1 heterocycles. The van der Waals surface area contributed by atoms with Gasteiger partial charge < -0.3 is 0 Å². The lowest BCUT2D eigenvalue weighted by molar-refractivity contribution is 1.42. The van der Waals surface area contributed by atoms with Crippen molar-refractivity contribution in [3.05, 3.63) is 133 Å². The molecule has 0 spiro atoms. The van der Waals surface area contributed by atoms with Crippen LogP contribution in [0.25, 0.3) is 10.6 Å². The highest BCUT2D eigenvalue weighted by Crippen LogP contribution is 2.56. The SMILES string of the molecule is C=CCSc1sc(-c2ccc(C)cc2)nc1[P+](c1ccccc1)(c1ccccc1)c1ccccc1. The van der Waals surface area contributed by atoms with Gasteiger partial charge in [-0.3, -0.25) is 0 Å². The van der Waals surface area contributed by atoms with Crippen molar-refractivity contribution < 1.29 is 0 Å². The Morgan fingerprint density at radius 1 is 0.743 bits per heavy atom. The van der Waals surface area contributed by atoms with Crippen LogP contribution in [-0.2, 0) is 0 Å². The summed E-state index contributed by atoms with van der Waals surface area (Å²) in [6.07, 6.45) is 1.98. The summed E-state index contributed by atoms with van der Waals surface area (Å²) in [5.74, 6) is 0.848. The average Bonchev–Trinajstić information content (AvgIpc) is 3.34. The maximum atomic E-state index is 5.48. The molecular weight excluding hydrogens is 481 g/mol. The van der Waals surface area contributed by atoms with E-state index in [2.05, 4.69) is 129 Å². The Kier molecular flexibility index (Phi) is 7.29. The number of aryl methyl sites for hydroxylation is 1. The Morgan fingerprint density at radius 2 is 1.23 bits per heavy atom. The second kappa shape index (κ2) is 10.7. The van der Waals surface area contributed by atoms with Gasteiger partial charge >= 0.3 is 0 Å². The van der Waals surface area contributed by atoms with E-state index >= 15 is 0 Å². The van der Waals surface area contributed by atoms with Crippen LogP contribution in [0.15, 0.2) is 132 Å². The van der Waals surface area contributed by atoms with Crippen LogP contribution in [0, 0.1) is 6.92 Å². The normalized spacial score (nSPS) is 11.3. The minimum absolute atomic E-state index is 0.848. The molecule has 1 aromatic heterocycles. The van der Waals surface area contributed by atoms with Gasteiger partial charge in [-0.1, -0.05) is 90.5 Å². The molecular formula is C31H27NPS2+. The van der Waals surface area contributed by atoms with E-state index in [1.807, 2.05) is 17.8 Å². The molecule has 4 heteroatoms. The number of thioether (sulfide) groups is 1. The van der Waals surface area contributed by atoms with Gasteiger partial charge in [0.25, 0.3) is 0 Å². The van der Waals surface area contributed by atoms with Crippen molar-refractivity contribution in [1.82, 2.24) is 4.98 Å². The molecule has 0 aliphatic carbocycles. The minimum Gasteiger partial charge on any atom is -0.200 e. The van der Waals surface area contributed by atoms with E-state index in [0.717, 1.165) is 10.8 Å². The zero-order valence-corrected chi connectivity index (χ0v) is 22.2. The number of rotatable bonds is 8. The lowest BCUT2D eigenvalue weighted by atomic mass is 10.2. The molecule has 5 aromatic rings. The highest BCUT2D eigenvalue weighted by Gasteiger charge is 2.52. The molecule has 0 aliphatic rings. The summed E-state index contributed by atoms with van der Waals surface area (Å²) in [6.45, 7) is 6.11. The van der Waals surface area contributed by atoms with Gasteiger partial charge in [0.2, 0.25) is 5.44 Å². The van der Waals surface area contributed by atoms with Crippen LogP contribution >= 0.6 is 30.4 Å². The van der Waals surface area contributed by atoms with Gasteiger partial charge in [-0.15, -0.1) is 29.7 Å². The first-order chi connectivity index (χ1) is 17.2. The molecule has 5 rings (SSSR count). The van der Waals surface area contributed by atoms with E-state index < -0.39 is 7.26 Å². The third kappa shape index (κ3) is 4.65. The van der Waals surface area contributed by atoms with E-state index in [-0.39, 0.29) is 0 Å². The first kappa shape index (κ1) is 23.8. The van der Waals surface area contributed by atoms with Gasteiger partial charge in [-0.05, 0) is 43.3 Å². The maximum absolute atomic E-state index is 5.48. The second-order valence-electron chi connectivity index (χ2n) is 8.27. The summed E-state index contributed by atoms with van der Waals surface area (Å²) in [5.41, 5.74) is 3.61. The second-order valence-corrected chi connectivity index (χ2v) is 13.9. The maximum Gasteiger partial charge on any atom is 0.223 e. The van der Waals surface area contributed by atoms with Gasteiger partial charge in [0.15, 0.2) is 7.26 Å². The van der Waals surface area contributed by atoms with Crippen molar-refractivity contribution in [1.29, 1.82) is 0 Å². The largest absolute Gasteiger partial charge is 0.223 e. The van der Waals surface area contributed by atoms with Crippen LogP contribution in [0.5, 0.6) is 0 Å². The Hall–Kier alpha value is -2.97. The van der Waals surface area contributed by atoms with Crippen LogP contribution in [0.4, 0.5) is 0 Å². The molecule has 1 nitrogen and oxygen atoms in total. The fourth-order valence-corrected chi connectivity index (χ4v) is 11.4. The summed E-state index contributed by atoms with van der Waals surface area (Å²) < 4.78 is 1.27. The number of aromatic nitrogens is 1. The van der Waals surface area contributed by atoms with Gasteiger partial charge in [0, 0.05) is 11.3 Å². The Bertz CT molecular complexity index is 1300. The van der Waals surface area contributed by atoms with Crippen molar-refractivity contribution in [2.24, 2.45) is 0 Å². The van der Waals surface area contributed by atoms with Gasteiger partial charge in [0.1, 0.15) is 25.1 Å². The standard InChI is InChI=1S/C31H27NPS2/c1-3-23-34-31-29(32-30(35-31)25-21-19-24(2)20-22-25)33(26-13-7-4-8-14-26,27-15-9-5-10-16-27)28-17-11-6-12-18-28/h3-22H,1,23H2,2H3/q+1. The summed E-state index contributed by atoms with van der Waals surface area (Å²) in [6, 6.07) is 41.6. The lowest BCUT2D eigenvalue weighted by Crippen LogP contribution is -2.39. The van der Waals surface area contributed by atoms with E-state index in [4.69, 9.17) is 4.98 Å². The van der Waals surface area contributed by atoms with Crippen LogP contribution in [0.1, 0.15) is 5.56 Å². The lowest BCUT2D eigenvalue weighted by Gasteiger charge is -2.26. The summed E-state index contributed by atoms with van der Waals surface area (Å²) >= 11 is 3.64. The smallest absolute Gasteiger partial charge is 0.200 e. The topological polar surface area (TPSA) is 12.9 Å². The zero-order chi connectivity index (χ0) is 24.1. The third-order valence-corrected chi connectivity index (χ3v) is 12.8. The number of nitrogens with zero attached hydrogens (tertiary/aromatic N) is 1. The van der Waals surface area contributed by atoms with Crippen molar-refractivity contribution in [3.63, 3.8) is 0 Å². The Labute approximate surface area is 216 Å². The highest BCUT2D eigenvalue weighted by molar-refractivity contribution is 8.05. The third-order valence-electron chi connectivity index (χ3n) is 5.96. The minimum atomic E-state index is -2.25. The number of thiazole rings is 1. The van der Waals surface area contributed by atoms with Crippen LogP contribution in [0.2, 0.25) is 0 Å². The van der Waals surface area contributed by atoms with Crippen LogP contribution < -0.4 is 21.3 Å².